The SMILES string of the molecule is CN(c1ccn2c(=O)n(C)nc2c1)c1ccc(C(=O)O)cn1. The summed E-state index contributed by atoms with van der Waals surface area (Å²) in [4.78, 5) is 28.5. The van der Waals surface area contributed by atoms with E-state index in [1.807, 2.05) is 0 Å². The molecule has 0 saturated carbocycles. The topological polar surface area (TPSA) is 92.7 Å². The minimum atomic E-state index is -1.02. The fourth-order valence-electron chi connectivity index (χ4n) is 2.12. The molecule has 0 spiro atoms. The van der Waals surface area contributed by atoms with E-state index in [0.717, 1.165) is 5.69 Å². The molecule has 0 saturated heterocycles. The summed E-state index contributed by atoms with van der Waals surface area (Å²) >= 11 is 0. The van der Waals surface area contributed by atoms with Crippen LogP contribution in [0.4, 0.5) is 11.5 Å². The van der Waals surface area contributed by atoms with Crippen LogP contribution in [0.3, 0.4) is 0 Å². The van der Waals surface area contributed by atoms with Gasteiger partial charge in [0.1, 0.15) is 5.82 Å². The van der Waals surface area contributed by atoms with Gasteiger partial charge in [0.05, 0.1) is 5.56 Å². The van der Waals surface area contributed by atoms with E-state index in [1.54, 1.807) is 43.4 Å². The summed E-state index contributed by atoms with van der Waals surface area (Å²) in [7, 11) is 3.39. The highest BCUT2D eigenvalue weighted by Crippen LogP contribution is 2.22. The van der Waals surface area contributed by atoms with Crippen LogP contribution in [0.15, 0.2) is 41.5 Å². The Balaban J connectivity index is 1.99. The van der Waals surface area contributed by atoms with Crippen LogP contribution < -0.4 is 10.6 Å². The van der Waals surface area contributed by atoms with Crippen LogP contribution in [0.2, 0.25) is 0 Å². The molecule has 0 radical (unpaired) electrons. The minimum absolute atomic E-state index is 0.129. The van der Waals surface area contributed by atoms with E-state index >= 15 is 0 Å². The van der Waals surface area contributed by atoms with Crippen molar-refractivity contribution >= 4 is 23.1 Å². The molecule has 112 valence electrons. The molecule has 3 heterocycles. The molecule has 0 unspecified atom stereocenters. The molecule has 22 heavy (non-hydrogen) atoms. The molecule has 0 aliphatic carbocycles. The third-order valence-corrected chi connectivity index (χ3v) is 3.38. The zero-order valence-corrected chi connectivity index (χ0v) is 12.0. The molecule has 0 fully saturated rings. The Bertz CT molecular complexity index is 910. The van der Waals surface area contributed by atoms with Crippen LogP contribution in [-0.2, 0) is 7.05 Å². The number of nitrogens with zero attached hydrogens (tertiary/aromatic N) is 5. The molecule has 0 atom stereocenters. The Kier molecular flexibility index (Phi) is 3.13. The van der Waals surface area contributed by atoms with Crippen molar-refractivity contribution in [1.82, 2.24) is 19.2 Å². The highest BCUT2D eigenvalue weighted by atomic mass is 16.4. The first kappa shape index (κ1) is 13.8. The molecule has 8 heteroatoms. The maximum absolute atomic E-state index is 11.8. The largest absolute Gasteiger partial charge is 0.478 e. The average Bonchev–Trinajstić information content (AvgIpc) is 2.81. The van der Waals surface area contributed by atoms with Crippen LogP contribution in [0, 0.1) is 0 Å². The number of hydrogen-bond acceptors (Lipinski definition) is 5. The van der Waals surface area contributed by atoms with Crippen molar-refractivity contribution < 1.29 is 9.90 Å². The normalized spacial score (nSPS) is 10.8. The summed E-state index contributed by atoms with van der Waals surface area (Å²) in [6.45, 7) is 0. The Labute approximate surface area is 124 Å². The van der Waals surface area contributed by atoms with Gasteiger partial charge in [-0.15, -0.1) is 0 Å². The molecule has 8 nitrogen and oxygen atoms in total. The number of carboxylic acids is 1. The van der Waals surface area contributed by atoms with Crippen LogP contribution in [0.5, 0.6) is 0 Å². The van der Waals surface area contributed by atoms with E-state index < -0.39 is 5.97 Å². The van der Waals surface area contributed by atoms with Gasteiger partial charge in [0.2, 0.25) is 0 Å². The van der Waals surface area contributed by atoms with Gasteiger partial charge >= 0.3 is 11.7 Å². The summed E-state index contributed by atoms with van der Waals surface area (Å²) in [5, 5.41) is 13.0. The van der Waals surface area contributed by atoms with Crippen LogP contribution in [0.25, 0.3) is 5.65 Å². The number of fused-ring (bicyclic) bond motifs is 1. The second-order valence-electron chi connectivity index (χ2n) is 4.79. The van der Waals surface area contributed by atoms with Gasteiger partial charge in [-0.25, -0.2) is 19.3 Å². The molecular weight excluding hydrogens is 286 g/mol. The quantitative estimate of drug-likeness (QED) is 0.772. The lowest BCUT2D eigenvalue weighted by Crippen LogP contribution is -2.17. The van der Waals surface area contributed by atoms with Crippen molar-refractivity contribution in [1.29, 1.82) is 0 Å². The van der Waals surface area contributed by atoms with Gasteiger partial charge in [0, 0.05) is 38.2 Å². The van der Waals surface area contributed by atoms with E-state index in [9.17, 15) is 9.59 Å². The van der Waals surface area contributed by atoms with Gasteiger partial charge in [-0.3, -0.25) is 4.40 Å². The molecule has 0 aliphatic heterocycles. The smallest absolute Gasteiger partial charge is 0.350 e. The fraction of sp³-hybridized carbons (Fsp3) is 0.143. The lowest BCUT2D eigenvalue weighted by atomic mass is 10.2. The van der Waals surface area contributed by atoms with Crippen molar-refractivity contribution in [3.63, 3.8) is 0 Å². The van der Waals surface area contributed by atoms with E-state index in [-0.39, 0.29) is 11.3 Å². The van der Waals surface area contributed by atoms with Crippen molar-refractivity contribution in [3.05, 3.63) is 52.7 Å². The van der Waals surface area contributed by atoms with Crippen LogP contribution in [0.1, 0.15) is 10.4 Å². The number of aromatic nitrogens is 4. The van der Waals surface area contributed by atoms with Gasteiger partial charge in [0.25, 0.3) is 0 Å². The number of carbonyl (C=O) groups is 1. The summed E-state index contributed by atoms with van der Waals surface area (Å²) in [6, 6.07) is 6.64. The first-order chi connectivity index (χ1) is 10.5. The minimum Gasteiger partial charge on any atom is -0.478 e. The maximum atomic E-state index is 11.8. The van der Waals surface area contributed by atoms with Crippen molar-refractivity contribution in [3.8, 4) is 0 Å². The van der Waals surface area contributed by atoms with E-state index in [0.29, 0.717) is 11.5 Å². The van der Waals surface area contributed by atoms with Crippen LogP contribution in [-0.4, -0.2) is 37.3 Å². The molecule has 3 aromatic heterocycles. The zero-order valence-electron chi connectivity index (χ0n) is 12.0. The Morgan fingerprint density at radius 2 is 2.09 bits per heavy atom. The summed E-state index contributed by atoms with van der Waals surface area (Å²) < 4.78 is 2.71. The monoisotopic (exact) mass is 299 g/mol. The van der Waals surface area contributed by atoms with Crippen molar-refractivity contribution in [2.75, 3.05) is 11.9 Å². The molecule has 0 amide bonds. The number of aromatic carboxylic acids is 1. The second kappa shape index (κ2) is 4.99. The summed E-state index contributed by atoms with van der Waals surface area (Å²) in [5.41, 5.74) is 1.23. The predicted octanol–water partition coefficient (Wildman–Crippen LogP) is 0.894. The van der Waals surface area contributed by atoms with Gasteiger partial charge in [0.15, 0.2) is 5.65 Å². The standard InChI is InChI=1S/C14H13N5O3/c1-17(11-4-3-9(8-15-11)13(20)21)10-5-6-19-12(7-10)16-18(2)14(19)22/h3-8H,1-2H3,(H,20,21). The molecule has 3 rings (SSSR count). The summed E-state index contributed by atoms with van der Waals surface area (Å²) in [6.07, 6.45) is 2.94. The first-order valence-corrected chi connectivity index (χ1v) is 6.46. The Morgan fingerprint density at radius 1 is 1.32 bits per heavy atom. The van der Waals surface area contributed by atoms with Crippen molar-refractivity contribution in [2.45, 2.75) is 0 Å². The third-order valence-electron chi connectivity index (χ3n) is 3.38. The number of carboxylic acid groups (broad SMARTS) is 1. The van der Waals surface area contributed by atoms with Gasteiger partial charge in [-0.05, 0) is 18.2 Å². The van der Waals surface area contributed by atoms with Crippen LogP contribution >= 0.6 is 0 Å². The summed E-state index contributed by atoms with van der Waals surface area (Å²) in [5.74, 6) is -0.427. The number of pyridine rings is 2. The maximum Gasteiger partial charge on any atom is 0.350 e. The lowest BCUT2D eigenvalue weighted by Gasteiger charge is -2.18. The molecular formula is C14H13N5O3. The highest BCUT2D eigenvalue weighted by Gasteiger charge is 2.10. The predicted molar refractivity (Wildman–Crippen MR) is 79.7 cm³/mol. The molecule has 0 aliphatic rings. The Morgan fingerprint density at radius 3 is 2.73 bits per heavy atom. The van der Waals surface area contributed by atoms with E-state index in [4.69, 9.17) is 5.11 Å². The van der Waals surface area contributed by atoms with Gasteiger partial charge < -0.3 is 10.0 Å². The molecule has 3 aromatic rings. The lowest BCUT2D eigenvalue weighted by molar-refractivity contribution is 0.0696. The average molecular weight is 299 g/mol. The highest BCUT2D eigenvalue weighted by molar-refractivity contribution is 5.87. The number of aryl methyl sites for hydroxylation is 1. The third kappa shape index (κ3) is 2.20. The number of rotatable bonds is 3. The molecule has 0 bridgehead atoms. The first-order valence-electron chi connectivity index (χ1n) is 6.46. The fourth-order valence-corrected chi connectivity index (χ4v) is 2.12. The van der Waals surface area contributed by atoms with Crippen molar-refractivity contribution in [2.24, 2.45) is 7.05 Å². The number of anilines is 2. The second-order valence-corrected chi connectivity index (χ2v) is 4.79. The van der Waals surface area contributed by atoms with Gasteiger partial charge in [-0.1, -0.05) is 0 Å². The van der Waals surface area contributed by atoms with E-state index in [2.05, 4.69) is 10.1 Å². The van der Waals surface area contributed by atoms with E-state index in [1.165, 1.54) is 21.3 Å². The number of hydrogen-bond donors (Lipinski definition) is 1. The zero-order chi connectivity index (χ0) is 15.9. The van der Waals surface area contributed by atoms with Gasteiger partial charge in [-0.2, -0.15) is 5.10 Å². The Hall–Kier alpha value is -3.16. The molecule has 1 N–H and O–H groups in total. The molecule has 0 aromatic carbocycles.